The molecule has 0 aliphatic carbocycles. The molecule has 1 heterocycles. The molecule has 0 amide bonds. The number of nitrogens with zero attached hydrogens (tertiary/aromatic N) is 1. The van der Waals surface area contributed by atoms with Gasteiger partial charge in [0.15, 0.2) is 5.58 Å². The van der Waals surface area contributed by atoms with E-state index < -0.39 is 0 Å². The molecule has 1 aromatic carbocycles. The molecule has 19 heavy (non-hydrogen) atoms. The van der Waals surface area contributed by atoms with Crippen molar-refractivity contribution in [3.63, 3.8) is 0 Å². The minimum Gasteiger partial charge on any atom is -0.431 e. The van der Waals surface area contributed by atoms with Gasteiger partial charge < -0.3 is 9.73 Å². The molecule has 0 atom stereocenters. The highest BCUT2D eigenvalue weighted by molar-refractivity contribution is 7.99. The summed E-state index contributed by atoms with van der Waals surface area (Å²) in [5, 5.41) is 4.22. The van der Waals surface area contributed by atoms with Crippen molar-refractivity contribution in [3.05, 3.63) is 24.3 Å². The van der Waals surface area contributed by atoms with E-state index in [9.17, 15) is 0 Å². The third-order valence-corrected chi connectivity index (χ3v) is 3.74. The molecule has 0 saturated carbocycles. The number of thioether (sulfide) groups is 1. The summed E-state index contributed by atoms with van der Waals surface area (Å²) in [6, 6.07) is 7.89. The van der Waals surface area contributed by atoms with Gasteiger partial charge in [-0.1, -0.05) is 37.7 Å². The van der Waals surface area contributed by atoms with E-state index in [0.717, 1.165) is 41.1 Å². The molecule has 0 fully saturated rings. The van der Waals surface area contributed by atoms with Crippen LogP contribution in [0, 0.1) is 5.92 Å². The van der Waals surface area contributed by atoms with Crippen molar-refractivity contribution in [2.45, 2.75) is 31.9 Å². The summed E-state index contributed by atoms with van der Waals surface area (Å²) in [7, 11) is 0. The number of nitrogens with one attached hydrogen (secondary N) is 1. The van der Waals surface area contributed by atoms with Crippen LogP contribution in [-0.2, 0) is 0 Å². The number of benzene rings is 1. The van der Waals surface area contributed by atoms with Crippen LogP contribution in [0.2, 0.25) is 0 Å². The Morgan fingerprint density at radius 3 is 2.89 bits per heavy atom. The summed E-state index contributed by atoms with van der Waals surface area (Å²) in [6.45, 7) is 6.64. The lowest BCUT2D eigenvalue weighted by molar-refractivity contribution is 0.489. The Hall–Kier alpha value is -1.00. The summed E-state index contributed by atoms with van der Waals surface area (Å²) in [5.41, 5.74) is 1.81. The first-order valence-electron chi connectivity index (χ1n) is 6.95. The molecule has 104 valence electrons. The monoisotopic (exact) mass is 278 g/mol. The molecular formula is C15H22N2OS. The van der Waals surface area contributed by atoms with Crippen LogP contribution in [-0.4, -0.2) is 23.8 Å². The van der Waals surface area contributed by atoms with E-state index in [1.54, 1.807) is 11.8 Å². The SMILES string of the molecule is CC(C)CCCNCCSc1nc2ccccc2o1. The molecule has 0 aliphatic heterocycles. The molecule has 0 aliphatic rings. The van der Waals surface area contributed by atoms with E-state index in [1.807, 2.05) is 24.3 Å². The van der Waals surface area contributed by atoms with Crippen molar-refractivity contribution >= 4 is 22.9 Å². The number of rotatable bonds is 8. The Morgan fingerprint density at radius 1 is 1.26 bits per heavy atom. The summed E-state index contributed by atoms with van der Waals surface area (Å²) >= 11 is 1.67. The summed E-state index contributed by atoms with van der Waals surface area (Å²) in [4.78, 5) is 4.44. The first kappa shape index (κ1) is 14.4. The van der Waals surface area contributed by atoms with Crippen molar-refractivity contribution < 1.29 is 4.42 Å². The predicted octanol–water partition coefficient (Wildman–Crippen LogP) is 3.95. The van der Waals surface area contributed by atoms with Crippen LogP contribution >= 0.6 is 11.8 Å². The van der Waals surface area contributed by atoms with Gasteiger partial charge in [-0.3, -0.25) is 0 Å². The van der Waals surface area contributed by atoms with E-state index in [0.29, 0.717) is 0 Å². The van der Waals surface area contributed by atoms with Gasteiger partial charge in [-0.05, 0) is 37.4 Å². The zero-order chi connectivity index (χ0) is 13.5. The Balaban J connectivity index is 1.63. The molecule has 2 aromatic rings. The van der Waals surface area contributed by atoms with Gasteiger partial charge in [0.25, 0.3) is 5.22 Å². The lowest BCUT2D eigenvalue weighted by atomic mass is 10.1. The van der Waals surface area contributed by atoms with Gasteiger partial charge in [-0.2, -0.15) is 0 Å². The molecule has 1 aromatic heterocycles. The molecule has 2 rings (SSSR count). The minimum absolute atomic E-state index is 0.769. The number of aromatic nitrogens is 1. The van der Waals surface area contributed by atoms with Gasteiger partial charge in [0.1, 0.15) is 5.52 Å². The van der Waals surface area contributed by atoms with Gasteiger partial charge in [0, 0.05) is 12.3 Å². The quantitative estimate of drug-likeness (QED) is 0.586. The third kappa shape index (κ3) is 4.88. The summed E-state index contributed by atoms with van der Waals surface area (Å²) < 4.78 is 5.65. The van der Waals surface area contributed by atoms with Crippen LogP contribution in [0.15, 0.2) is 33.9 Å². The first-order chi connectivity index (χ1) is 9.25. The topological polar surface area (TPSA) is 38.1 Å². The number of hydrogen-bond acceptors (Lipinski definition) is 4. The van der Waals surface area contributed by atoms with E-state index in [-0.39, 0.29) is 0 Å². The lowest BCUT2D eigenvalue weighted by Gasteiger charge is -2.05. The maximum Gasteiger partial charge on any atom is 0.256 e. The van der Waals surface area contributed by atoms with Crippen molar-refractivity contribution in [2.75, 3.05) is 18.8 Å². The average molecular weight is 278 g/mol. The van der Waals surface area contributed by atoms with E-state index >= 15 is 0 Å². The molecule has 0 unspecified atom stereocenters. The van der Waals surface area contributed by atoms with Crippen molar-refractivity contribution in [3.8, 4) is 0 Å². The van der Waals surface area contributed by atoms with Crippen LogP contribution in [0.5, 0.6) is 0 Å². The second kappa shape index (κ2) is 7.56. The number of hydrogen-bond donors (Lipinski definition) is 1. The van der Waals surface area contributed by atoms with Crippen LogP contribution in [0.3, 0.4) is 0 Å². The molecule has 3 nitrogen and oxygen atoms in total. The third-order valence-electron chi connectivity index (χ3n) is 2.91. The standard InChI is InChI=1S/C15H22N2OS/c1-12(2)6-5-9-16-10-11-19-15-17-13-7-3-4-8-14(13)18-15/h3-4,7-8,12,16H,5-6,9-11H2,1-2H3. The Morgan fingerprint density at radius 2 is 2.11 bits per heavy atom. The summed E-state index contributed by atoms with van der Waals surface area (Å²) in [6.07, 6.45) is 2.55. The van der Waals surface area contributed by atoms with E-state index in [4.69, 9.17) is 4.42 Å². The number of para-hydroxylation sites is 2. The van der Waals surface area contributed by atoms with Gasteiger partial charge in [0.2, 0.25) is 0 Å². The van der Waals surface area contributed by atoms with Crippen LogP contribution in [0.25, 0.3) is 11.1 Å². The van der Waals surface area contributed by atoms with Crippen LogP contribution in [0.4, 0.5) is 0 Å². The normalized spacial score (nSPS) is 11.5. The van der Waals surface area contributed by atoms with Gasteiger partial charge >= 0.3 is 0 Å². The average Bonchev–Trinajstić information content (AvgIpc) is 2.79. The smallest absolute Gasteiger partial charge is 0.256 e. The molecule has 0 saturated heterocycles. The molecule has 0 spiro atoms. The van der Waals surface area contributed by atoms with Gasteiger partial charge in [-0.15, -0.1) is 0 Å². The highest BCUT2D eigenvalue weighted by atomic mass is 32.2. The Kier molecular flexibility index (Phi) is 5.73. The second-order valence-electron chi connectivity index (χ2n) is 5.08. The highest BCUT2D eigenvalue weighted by Crippen LogP contribution is 2.22. The van der Waals surface area contributed by atoms with E-state index in [2.05, 4.69) is 24.1 Å². The highest BCUT2D eigenvalue weighted by Gasteiger charge is 2.04. The maximum atomic E-state index is 5.65. The fraction of sp³-hybridized carbons (Fsp3) is 0.533. The molecule has 1 N–H and O–H groups in total. The Bertz CT molecular complexity index is 463. The van der Waals surface area contributed by atoms with Crippen LogP contribution < -0.4 is 5.32 Å². The molecule has 0 radical (unpaired) electrons. The zero-order valence-electron chi connectivity index (χ0n) is 11.7. The fourth-order valence-electron chi connectivity index (χ4n) is 1.88. The van der Waals surface area contributed by atoms with Crippen molar-refractivity contribution in [1.29, 1.82) is 0 Å². The lowest BCUT2D eigenvalue weighted by Crippen LogP contribution is -2.18. The molecule has 4 heteroatoms. The van der Waals surface area contributed by atoms with Gasteiger partial charge in [-0.25, -0.2) is 4.98 Å². The largest absolute Gasteiger partial charge is 0.431 e. The molecule has 0 bridgehead atoms. The number of fused-ring (bicyclic) bond motifs is 1. The number of oxazole rings is 1. The van der Waals surface area contributed by atoms with Crippen LogP contribution in [0.1, 0.15) is 26.7 Å². The van der Waals surface area contributed by atoms with Crippen molar-refractivity contribution in [2.24, 2.45) is 5.92 Å². The minimum atomic E-state index is 0.769. The summed E-state index contributed by atoms with van der Waals surface area (Å²) in [5.74, 6) is 1.80. The second-order valence-corrected chi connectivity index (χ2v) is 6.13. The fourth-order valence-corrected chi connectivity index (χ4v) is 2.62. The molecular weight excluding hydrogens is 256 g/mol. The first-order valence-corrected chi connectivity index (χ1v) is 7.93. The van der Waals surface area contributed by atoms with Crippen molar-refractivity contribution in [1.82, 2.24) is 10.3 Å². The maximum absolute atomic E-state index is 5.65. The van der Waals surface area contributed by atoms with Gasteiger partial charge in [0.05, 0.1) is 0 Å². The van der Waals surface area contributed by atoms with E-state index in [1.165, 1.54) is 12.8 Å². The Labute approximate surface area is 119 Å². The predicted molar refractivity (Wildman–Crippen MR) is 81.7 cm³/mol. The zero-order valence-corrected chi connectivity index (χ0v) is 12.5.